The molecule has 0 spiro atoms. The zero-order chi connectivity index (χ0) is 21.1. The molecule has 0 radical (unpaired) electrons. The van der Waals surface area contributed by atoms with Gasteiger partial charge in [-0.2, -0.15) is 5.26 Å². The van der Waals surface area contributed by atoms with E-state index in [-0.39, 0.29) is 11.9 Å². The molecular formula is C23H27N3O4. The number of hydrogen-bond acceptors (Lipinski definition) is 5. The molecule has 0 N–H and O–H groups in total. The first-order chi connectivity index (χ1) is 14.6. The van der Waals surface area contributed by atoms with Crippen LogP contribution in [0.3, 0.4) is 0 Å². The van der Waals surface area contributed by atoms with Gasteiger partial charge in [-0.25, -0.2) is 0 Å². The number of fused-ring (bicyclic) bond motifs is 1. The van der Waals surface area contributed by atoms with E-state index in [4.69, 9.17) is 19.5 Å². The Balaban J connectivity index is 1.66. The van der Waals surface area contributed by atoms with Crippen molar-refractivity contribution < 1.29 is 19.0 Å². The van der Waals surface area contributed by atoms with Crippen LogP contribution in [0.5, 0.6) is 11.5 Å². The fourth-order valence-corrected chi connectivity index (χ4v) is 4.32. The highest BCUT2D eigenvalue weighted by molar-refractivity contribution is 5.96. The van der Waals surface area contributed by atoms with E-state index in [0.717, 1.165) is 41.4 Å². The molecular weight excluding hydrogens is 382 g/mol. The highest BCUT2D eigenvalue weighted by Crippen LogP contribution is 2.34. The Bertz CT molecular complexity index is 970. The van der Waals surface area contributed by atoms with Crippen LogP contribution in [0.1, 0.15) is 41.0 Å². The second-order valence-corrected chi connectivity index (χ2v) is 7.70. The maximum absolute atomic E-state index is 13.5. The molecule has 0 bridgehead atoms. The first-order valence-corrected chi connectivity index (χ1v) is 10.4. The molecule has 1 aromatic carbocycles. The molecule has 1 fully saturated rings. The van der Waals surface area contributed by atoms with Crippen LogP contribution in [0.15, 0.2) is 24.3 Å². The third-order valence-corrected chi connectivity index (χ3v) is 5.80. The van der Waals surface area contributed by atoms with Crippen LogP contribution in [0.25, 0.3) is 5.69 Å². The first-order valence-electron chi connectivity index (χ1n) is 10.4. The van der Waals surface area contributed by atoms with Crippen LogP contribution in [0.4, 0.5) is 0 Å². The van der Waals surface area contributed by atoms with E-state index >= 15 is 0 Å². The zero-order valence-corrected chi connectivity index (χ0v) is 17.5. The van der Waals surface area contributed by atoms with Gasteiger partial charge >= 0.3 is 0 Å². The summed E-state index contributed by atoms with van der Waals surface area (Å²) in [5.74, 6) is 1.44. The number of carbonyl (C=O) groups excluding carboxylic acids is 1. The van der Waals surface area contributed by atoms with E-state index in [9.17, 15) is 4.79 Å². The number of carbonyl (C=O) groups is 1. The van der Waals surface area contributed by atoms with Crippen molar-refractivity contribution in [3.63, 3.8) is 0 Å². The summed E-state index contributed by atoms with van der Waals surface area (Å²) in [4.78, 5) is 15.4. The van der Waals surface area contributed by atoms with Gasteiger partial charge in [0.05, 0.1) is 18.1 Å². The van der Waals surface area contributed by atoms with Crippen LogP contribution in [0, 0.1) is 25.2 Å². The highest BCUT2D eigenvalue weighted by atomic mass is 16.6. The van der Waals surface area contributed by atoms with Crippen molar-refractivity contribution in [2.75, 3.05) is 33.0 Å². The fourth-order valence-electron chi connectivity index (χ4n) is 4.32. The molecule has 3 heterocycles. The molecule has 1 saturated heterocycles. The molecule has 2 aromatic rings. The van der Waals surface area contributed by atoms with Crippen LogP contribution < -0.4 is 9.47 Å². The topological polar surface area (TPSA) is 76.7 Å². The maximum Gasteiger partial charge on any atom is 0.255 e. The van der Waals surface area contributed by atoms with Crippen molar-refractivity contribution in [2.45, 2.75) is 39.2 Å². The minimum Gasteiger partial charge on any atom is -0.486 e. The van der Waals surface area contributed by atoms with Crippen molar-refractivity contribution >= 4 is 5.91 Å². The third-order valence-electron chi connectivity index (χ3n) is 5.80. The summed E-state index contributed by atoms with van der Waals surface area (Å²) < 4.78 is 18.9. The number of nitriles is 1. The summed E-state index contributed by atoms with van der Waals surface area (Å²) in [7, 11) is 0. The second kappa shape index (κ2) is 8.80. The van der Waals surface area contributed by atoms with Gasteiger partial charge in [0.25, 0.3) is 5.91 Å². The molecule has 2 aliphatic rings. The number of benzene rings is 1. The average molecular weight is 409 g/mol. The van der Waals surface area contributed by atoms with E-state index in [1.54, 1.807) is 0 Å². The number of ether oxygens (including phenoxy) is 3. The quantitative estimate of drug-likeness (QED) is 0.756. The standard InChI is InChI=1S/C23H27N3O4/c1-16-14-20(23(27)25(9-3-8-24)18-6-10-28-11-7-18)17(2)26(16)19-4-5-21-22(15-19)30-13-12-29-21/h4-5,14-15,18H,3,6-7,9-13H2,1-2H3. The van der Waals surface area contributed by atoms with Crippen molar-refractivity contribution in [3.8, 4) is 23.3 Å². The molecule has 7 nitrogen and oxygen atoms in total. The van der Waals surface area contributed by atoms with Crippen LogP contribution in [0.2, 0.25) is 0 Å². The number of aromatic nitrogens is 1. The van der Waals surface area contributed by atoms with Crippen LogP contribution in [-0.4, -0.2) is 54.4 Å². The molecule has 4 rings (SSSR count). The lowest BCUT2D eigenvalue weighted by Gasteiger charge is -2.34. The van der Waals surface area contributed by atoms with Gasteiger partial charge in [0.1, 0.15) is 13.2 Å². The Kier molecular flexibility index (Phi) is 5.96. The third kappa shape index (κ3) is 3.88. The lowest BCUT2D eigenvalue weighted by atomic mass is 10.0. The Morgan fingerprint density at radius 2 is 1.87 bits per heavy atom. The predicted molar refractivity (Wildman–Crippen MR) is 111 cm³/mol. The highest BCUT2D eigenvalue weighted by Gasteiger charge is 2.29. The maximum atomic E-state index is 13.5. The minimum atomic E-state index is -0.0194. The smallest absolute Gasteiger partial charge is 0.255 e. The molecule has 0 atom stereocenters. The molecule has 0 unspecified atom stereocenters. The SMILES string of the molecule is Cc1cc(C(=O)N(CCC#N)C2CCOCC2)c(C)n1-c1ccc2c(c1)OCCO2. The van der Waals surface area contributed by atoms with Crippen molar-refractivity contribution in [1.82, 2.24) is 9.47 Å². The normalized spacial score (nSPS) is 16.2. The van der Waals surface area contributed by atoms with Crippen LogP contribution >= 0.6 is 0 Å². The zero-order valence-electron chi connectivity index (χ0n) is 17.5. The molecule has 0 aliphatic carbocycles. The molecule has 7 heteroatoms. The summed E-state index contributed by atoms with van der Waals surface area (Å²) in [5, 5.41) is 9.08. The monoisotopic (exact) mass is 409 g/mol. The molecule has 2 aliphatic heterocycles. The summed E-state index contributed by atoms with van der Waals surface area (Å²) in [6.45, 7) is 6.78. The van der Waals surface area contributed by atoms with E-state index in [0.29, 0.717) is 45.0 Å². The number of rotatable bonds is 5. The Labute approximate surface area is 176 Å². The molecule has 158 valence electrons. The molecule has 1 aromatic heterocycles. The molecule has 30 heavy (non-hydrogen) atoms. The minimum absolute atomic E-state index is 0.0194. The summed E-state index contributed by atoms with van der Waals surface area (Å²) >= 11 is 0. The summed E-state index contributed by atoms with van der Waals surface area (Å²) in [6.07, 6.45) is 1.93. The van der Waals surface area contributed by atoms with E-state index < -0.39 is 0 Å². The van der Waals surface area contributed by atoms with Crippen molar-refractivity contribution in [1.29, 1.82) is 5.26 Å². The average Bonchev–Trinajstić information content (AvgIpc) is 3.08. The lowest BCUT2D eigenvalue weighted by molar-refractivity contribution is 0.0296. The second-order valence-electron chi connectivity index (χ2n) is 7.70. The van der Waals surface area contributed by atoms with Gasteiger partial charge < -0.3 is 23.7 Å². The van der Waals surface area contributed by atoms with Crippen LogP contribution in [-0.2, 0) is 4.74 Å². The van der Waals surface area contributed by atoms with E-state index in [1.807, 2.05) is 43.0 Å². The number of nitrogens with zero attached hydrogens (tertiary/aromatic N) is 3. The first kappa shape index (κ1) is 20.3. The Hall–Kier alpha value is -2.98. The number of hydrogen-bond donors (Lipinski definition) is 0. The summed E-state index contributed by atoms with van der Waals surface area (Å²) in [5.41, 5.74) is 3.46. The van der Waals surface area contributed by atoms with Crippen molar-refractivity contribution in [2.24, 2.45) is 0 Å². The largest absolute Gasteiger partial charge is 0.486 e. The number of aryl methyl sites for hydroxylation is 1. The van der Waals surface area contributed by atoms with Gasteiger partial charge in [-0.15, -0.1) is 0 Å². The van der Waals surface area contributed by atoms with Gasteiger partial charge in [0.2, 0.25) is 0 Å². The van der Waals surface area contributed by atoms with Gasteiger partial charge in [0, 0.05) is 48.9 Å². The molecule has 1 amide bonds. The number of amides is 1. The lowest BCUT2D eigenvalue weighted by Crippen LogP contribution is -2.44. The predicted octanol–water partition coefficient (Wildman–Crippen LogP) is 3.40. The Morgan fingerprint density at radius 3 is 2.60 bits per heavy atom. The van der Waals surface area contributed by atoms with Gasteiger partial charge in [0.15, 0.2) is 11.5 Å². The van der Waals surface area contributed by atoms with E-state index in [1.165, 1.54) is 0 Å². The van der Waals surface area contributed by atoms with Crippen molar-refractivity contribution in [3.05, 3.63) is 41.2 Å². The molecule has 0 saturated carbocycles. The summed E-state index contributed by atoms with van der Waals surface area (Å²) in [6, 6.07) is 10.1. The van der Waals surface area contributed by atoms with Gasteiger partial charge in [-0.05, 0) is 44.9 Å². The van der Waals surface area contributed by atoms with Gasteiger partial charge in [-0.3, -0.25) is 4.79 Å². The fraction of sp³-hybridized carbons (Fsp3) is 0.478. The Morgan fingerprint density at radius 1 is 1.13 bits per heavy atom. The van der Waals surface area contributed by atoms with Gasteiger partial charge in [-0.1, -0.05) is 0 Å². The van der Waals surface area contributed by atoms with E-state index in [2.05, 4.69) is 10.6 Å².